The first-order valence-electron chi connectivity index (χ1n) is 7.96. The van der Waals surface area contributed by atoms with Crippen molar-refractivity contribution in [2.24, 2.45) is 0 Å². The zero-order valence-corrected chi connectivity index (χ0v) is 14.5. The van der Waals surface area contributed by atoms with Gasteiger partial charge in [-0.15, -0.1) is 0 Å². The molecule has 1 amide bonds. The molecule has 1 aromatic heterocycles. The number of carboxylic acids is 1. The number of aromatic nitrogens is 1. The molecule has 6 heteroatoms. The number of benzene rings is 1. The molecule has 25 heavy (non-hydrogen) atoms. The van der Waals surface area contributed by atoms with Crippen molar-refractivity contribution in [1.82, 2.24) is 10.3 Å². The van der Waals surface area contributed by atoms with Gasteiger partial charge in [-0.1, -0.05) is 30.3 Å². The van der Waals surface area contributed by atoms with Gasteiger partial charge in [0, 0.05) is 18.8 Å². The number of pyridine rings is 1. The summed E-state index contributed by atoms with van der Waals surface area (Å²) in [5.41, 5.74) is 2.09. The van der Waals surface area contributed by atoms with Crippen LogP contribution in [0.4, 0.5) is 4.79 Å². The predicted molar refractivity (Wildman–Crippen MR) is 94.2 cm³/mol. The third-order valence-corrected chi connectivity index (χ3v) is 3.38. The van der Waals surface area contributed by atoms with Crippen molar-refractivity contribution in [3.8, 4) is 11.1 Å². The minimum absolute atomic E-state index is 0.169. The SMILES string of the molecule is CC(C)(C)OC(=O)NC(Cc1ccc(-c2cccnc2)cc1)C(=O)O. The quantitative estimate of drug-likeness (QED) is 0.870. The average Bonchev–Trinajstić information content (AvgIpc) is 2.54. The fourth-order valence-corrected chi connectivity index (χ4v) is 2.25. The Kier molecular flexibility index (Phi) is 5.75. The van der Waals surface area contributed by atoms with Gasteiger partial charge in [-0.3, -0.25) is 4.98 Å². The van der Waals surface area contributed by atoms with Crippen molar-refractivity contribution < 1.29 is 19.4 Å². The highest BCUT2D eigenvalue weighted by Gasteiger charge is 2.24. The molecule has 0 aliphatic carbocycles. The van der Waals surface area contributed by atoms with E-state index in [0.29, 0.717) is 0 Å². The van der Waals surface area contributed by atoms with E-state index in [1.54, 1.807) is 33.2 Å². The maximum absolute atomic E-state index is 11.8. The summed E-state index contributed by atoms with van der Waals surface area (Å²) in [6.07, 6.45) is 2.89. The Bertz CT molecular complexity index is 721. The van der Waals surface area contributed by atoms with Crippen LogP contribution in [0, 0.1) is 0 Å². The number of hydrogen-bond donors (Lipinski definition) is 2. The normalized spacial score (nSPS) is 12.3. The molecule has 0 fully saturated rings. The van der Waals surface area contributed by atoms with Crippen molar-refractivity contribution in [3.05, 3.63) is 54.4 Å². The Labute approximate surface area is 146 Å². The van der Waals surface area contributed by atoms with Crippen LogP contribution in [0.5, 0.6) is 0 Å². The van der Waals surface area contributed by atoms with E-state index >= 15 is 0 Å². The van der Waals surface area contributed by atoms with Crippen LogP contribution in [0.15, 0.2) is 48.8 Å². The number of carbonyl (C=O) groups is 2. The summed E-state index contributed by atoms with van der Waals surface area (Å²) in [6.45, 7) is 5.17. The molecule has 2 rings (SSSR count). The van der Waals surface area contributed by atoms with Crippen molar-refractivity contribution in [2.45, 2.75) is 38.8 Å². The highest BCUT2D eigenvalue weighted by atomic mass is 16.6. The zero-order chi connectivity index (χ0) is 18.4. The molecule has 0 saturated carbocycles. The summed E-state index contributed by atoms with van der Waals surface area (Å²) >= 11 is 0. The number of carbonyl (C=O) groups excluding carboxylic acids is 1. The first-order valence-corrected chi connectivity index (χ1v) is 7.96. The third-order valence-electron chi connectivity index (χ3n) is 3.38. The van der Waals surface area contributed by atoms with Crippen LogP contribution < -0.4 is 5.32 Å². The molecule has 1 unspecified atom stereocenters. The molecule has 2 N–H and O–H groups in total. The molecule has 1 heterocycles. The summed E-state index contributed by atoms with van der Waals surface area (Å²) in [5.74, 6) is -1.11. The monoisotopic (exact) mass is 342 g/mol. The van der Waals surface area contributed by atoms with Gasteiger partial charge in [0.25, 0.3) is 0 Å². The smallest absolute Gasteiger partial charge is 0.408 e. The fraction of sp³-hybridized carbons (Fsp3) is 0.316. The maximum atomic E-state index is 11.8. The van der Waals surface area contributed by atoms with Crippen LogP contribution in [-0.2, 0) is 16.0 Å². The summed E-state index contributed by atoms with van der Waals surface area (Å²) in [4.78, 5) is 27.3. The molecule has 0 aliphatic heterocycles. The van der Waals surface area contributed by atoms with Crippen molar-refractivity contribution in [2.75, 3.05) is 0 Å². The van der Waals surface area contributed by atoms with Crippen molar-refractivity contribution in [1.29, 1.82) is 0 Å². The first kappa shape index (κ1) is 18.4. The van der Waals surface area contributed by atoms with Crippen LogP contribution in [0.2, 0.25) is 0 Å². The van der Waals surface area contributed by atoms with Crippen molar-refractivity contribution in [3.63, 3.8) is 0 Å². The molecule has 2 aromatic rings. The lowest BCUT2D eigenvalue weighted by Crippen LogP contribution is -2.44. The molecular weight excluding hydrogens is 320 g/mol. The molecule has 0 radical (unpaired) electrons. The Morgan fingerprint density at radius 3 is 2.36 bits per heavy atom. The van der Waals surface area contributed by atoms with E-state index in [0.717, 1.165) is 16.7 Å². The van der Waals surface area contributed by atoms with Crippen LogP contribution in [0.25, 0.3) is 11.1 Å². The highest BCUT2D eigenvalue weighted by Crippen LogP contribution is 2.19. The second kappa shape index (κ2) is 7.79. The number of alkyl carbamates (subject to hydrolysis) is 1. The standard InChI is InChI=1S/C19H22N2O4/c1-19(2,3)25-18(24)21-16(17(22)23)11-13-6-8-14(9-7-13)15-5-4-10-20-12-15/h4-10,12,16H,11H2,1-3H3,(H,21,24)(H,22,23). The van der Waals surface area contributed by atoms with Gasteiger partial charge in [0.2, 0.25) is 0 Å². The minimum atomic E-state index is -1.11. The molecule has 132 valence electrons. The Morgan fingerprint density at radius 2 is 1.84 bits per heavy atom. The topological polar surface area (TPSA) is 88.5 Å². The van der Waals surface area contributed by atoms with E-state index in [1.165, 1.54) is 0 Å². The molecule has 1 atom stereocenters. The summed E-state index contributed by atoms with van der Waals surface area (Å²) in [6, 6.07) is 10.2. The maximum Gasteiger partial charge on any atom is 0.408 e. The molecule has 0 bridgehead atoms. The predicted octanol–water partition coefficient (Wildman–Crippen LogP) is 3.27. The number of nitrogens with zero attached hydrogens (tertiary/aromatic N) is 1. The molecule has 0 spiro atoms. The van der Waals surface area contributed by atoms with Gasteiger partial charge >= 0.3 is 12.1 Å². The van der Waals surface area contributed by atoms with Crippen LogP contribution >= 0.6 is 0 Å². The molecule has 1 aromatic carbocycles. The van der Waals surface area contributed by atoms with Crippen LogP contribution in [0.1, 0.15) is 26.3 Å². The molecule has 0 saturated heterocycles. The minimum Gasteiger partial charge on any atom is -0.480 e. The van der Waals surface area contributed by atoms with Gasteiger partial charge in [-0.25, -0.2) is 9.59 Å². The Hall–Kier alpha value is -2.89. The van der Waals surface area contributed by atoms with Crippen molar-refractivity contribution >= 4 is 12.1 Å². The second-order valence-corrected chi connectivity index (χ2v) is 6.68. The number of nitrogens with one attached hydrogen (secondary N) is 1. The lowest BCUT2D eigenvalue weighted by molar-refractivity contribution is -0.139. The number of hydrogen-bond acceptors (Lipinski definition) is 4. The van der Waals surface area contributed by atoms with Crippen LogP contribution in [-0.4, -0.2) is 33.8 Å². The first-order chi connectivity index (χ1) is 11.7. The van der Waals surface area contributed by atoms with Gasteiger partial charge in [0.15, 0.2) is 0 Å². The third kappa shape index (κ3) is 5.91. The van der Waals surface area contributed by atoms with E-state index in [2.05, 4.69) is 10.3 Å². The fourth-order valence-electron chi connectivity index (χ4n) is 2.25. The van der Waals surface area contributed by atoms with E-state index in [1.807, 2.05) is 36.4 Å². The van der Waals surface area contributed by atoms with Crippen LogP contribution in [0.3, 0.4) is 0 Å². The lowest BCUT2D eigenvalue weighted by Gasteiger charge is -2.22. The molecular formula is C19H22N2O4. The van der Waals surface area contributed by atoms with E-state index in [4.69, 9.17) is 4.74 Å². The average molecular weight is 342 g/mol. The number of ether oxygens (including phenoxy) is 1. The van der Waals surface area contributed by atoms with Gasteiger partial charge in [0.1, 0.15) is 11.6 Å². The Morgan fingerprint density at radius 1 is 1.16 bits per heavy atom. The van der Waals surface area contributed by atoms with Gasteiger partial charge < -0.3 is 15.2 Å². The summed E-state index contributed by atoms with van der Waals surface area (Å²) in [7, 11) is 0. The Balaban J connectivity index is 2.04. The number of amides is 1. The lowest BCUT2D eigenvalue weighted by atomic mass is 10.0. The summed E-state index contributed by atoms with van der Waals surface area (Å²) < 4.78 is 5.11. The largest absolute Gasteiger partial charge is 0.480 e. The van der Waals surface area contributed by atoms with E-state index in [9.17, 15) is 14.7 Å². The van der Waals surface area contributed by atoms with Gasteiger partial charge in [0.05, 0.1) is 0 Å². The number of carboxylic acid groups (broad SMARTS) is 1. The molecule has 0 aliphatic rings. The van der Waals surface area contributed by atoms with Gasteiger partial charge in [-0.05, 0) is 43.5 Å². The van der Waals surface area contributed by atoms with E-state index < -0.39 is 23.7 Å². The number of rotatable bonds is 5. The zero-order valence-electron chi connectivity index (χ0n) is 14.5. The van der Waals surface area contributed by atoms with Gasteiger partial charge in [-0.2, -0.15) is 0 Å². The highest BCUT2D eigenvalue weighted by molar-refractivity contribution is 5.80. The summed E-state index contributed by atoms with van der Waals surface area (Å²) in [5, 5.41) is 11.7. The number of aliphatic carboxylic acids is 1. The molecule has 6 nitrogen and oxygen atoms in total. The second-order valence-electron chi connectivity index (χ2n) is 6.68. The van der Waals surface area contributed by atoms with E-state index in [-0.39, 0.29) is 6.42 Å².